The lowest BCUT2D eigenvalue weighted by molar-refractivity contribution is 0.178. The topological polar surface area (TPSA) is 96.7 Å². The highest BCUT2D eigenvalue weighted by Gasteiger charge is 2.12. The lowest BCUT2D eigenvalue weighted by Crippen LogP contribution is -2.07. The maximum Gasteiger partial charge on any atom is 0.163 e. The number of nitrogens with zero attached hydrogens (tertiary/aromatic N) is 2. The van der Waals surface area contributed by atoms with E-state index in [4.69, 9.17) is 26.1 Å². The molecule has 146 valence electrons. The van der Waals surface area contributed by atoms with Crippen LogP contribution >= 0.6 is 12.4 Å². The number of anilines is 2. The van der Waals surface area contributed by atoms with Crippen LogP contribution in [0.2, 0.25) is 0 Å². The standard InChI is InChI=1S/C20H19N3O4.ClH/c1-2-14-4-3-5-15(10-14)23-20-16-11-18(26-8-6-24)19(27-9-7-25)12-17(16)21-13-22-20;/h1,3-5,10-13,24-25H,6-9H2,(H,21,22,23);1H. The van der Waals surface area contributed by atoms with Crippen LogP contribution in [0.3, 0.4) is 0 Å². The number of aliphatic hydroxyl groups excluding tert-OH is 2. The molecule has 0 radical (unpaired) electrons. The molecule has 3 aromatic rings. The van der Waals surface area contributed by atoms with Gasteiger partial charge in [-0.25, -0.2) is 9.97 Å². The van der Waals surface area contributed by atoms with Crippen LogP contribution in [-0.4, -0.2) is 46.6 Å². The summed E-state index contributed by atoms with van der Waals surface area (Å²) in [5, 5.41) is 22.0. The summed E-state index contributed by atoms with van der Waals surface area (Å²) in [6.07, 6.45) is 6.90. The molecule has 1 heterocycles. The van der Waals surface area contributed by atoms with Crippen LogP contribution in [0.1, 0.15) is 5.56 Å². The Morgan fingerprint density at radius 2 is 1.71 bits per heavy atom. The zero-order chi connectivity index (χ0) is 19.1. The number of aliphatic hydroxyl groups is 2. The number of terminal acetylenes is 1. The number of fused-ring (bicyclic) bond motifs is 1. The van der Waals surface area contributed by atoms with Crippen molar-refractivity contribution in [2.75, 3.05) is 31.7 Å². The first-order valence-corrected chi connectivity index (χ1v) is 8.35. The predicted octanol–water partition coefficient (Wildman–Crippen LogP) is 2.52. The van der Waals surface area contributed by atoms with Gasteiger partial charge in [0.2, 0.25) is 0 Å². The summed E-state index contributed by atoms with van der Waals surface area (Å²) in [5.41, 5.74) is 2.19. The van der Waals surface area contributed by atoms with Crippen LogP contribution < -0.4 is 14.8 Å². The van der Waals surface area contributed by atoms with Gasteiger partial charge in [-0.3, -0.25) is 0 Å². The molecule has 0 unspecified atom stereocenters. The van der Waals surface area contributed by atoms with Crippen molar-refractivity contribution >= 4 is 34.8 Å². The van der Waals surface area contributed by atoms with Crippen molar-refractivity contribution in [2.24, 2.45) is 0 Å². The lowest BCUT2D eigenvalue weighted by atomic mass is 10.2. The average Bonchev–Trinajstić information content (AvgIpc) is 2.71. The molecule has 0 aliphatic rings. The molecule has 3 rings (SSSR count). The fraction of sp³-hybridized carbons (Fsp3) is 0.200. The van der Waals surface area contributed by atoms with E-state index in [9.17, 15) is 0 Å². The minimum Gasteiger partial charge on any atom is -0.487 e. The third-order valence-corrected chi connectivity index (χ3v) is 3.69. The number of aromatic nitrogens is 2. The zero-order valence-corrected chi connectivity index (χ0v) is 15.8. The molecule has 0 saturated heterocycles. The van der Waals surface area contributed by atoms with Gasteiger partial charge in [-0.1, -0.05) is 12.0 Å². The van der Waals surface area contributed by atoms with Gasteiger partial charge in [-0.2, -0.15) is 0 Å². The van der Waals surface area contributed by atoms with Gasteiger partial charge < -0.3 is 25.0 Å². The Bertz CT molecular complexity index is 975. The minimum absolute atomic E-state index is 0. The van der Waals surface area contributed by atoms with E-state index in [1.165, 1.54) is 6.33 Å². The van der Waals surface area contributed by atoms with Crippen LogP contribution in [0.5, 0.6) is 11.5 Å². The van der Waals surface area contributed by atoms with Crippen LogP contribution in [0, 0.1) is 12.3 Å². The molecular weight excluding hydrogens is 382 g/mol. The number of ether oxygens (including phenoxy) is 2. The average molecular weight is 402 g/mol. The predicted molar refractivity (Wildman–Crippen MR) is 110 cm³/mol. The summed E-state index contributed by atoms with van der Waals surface area (Å²) >= 11 is 0. The molecule has 0 aliphatic heterocycles. The van der Waals surface area contributed by atoms with Crippen molar-refractivity contribution in [3.05, 3.63) is 48.3 Å². The zero-order valence-electron chi connectivity index (χ0n) is 15.0. The summed E-state index contributed by atoms with van der Waals surface area (Å²) in [7, 11) is 0. The van der Waals surface area contributed by atoms with Crippen LogP contribution in [0.15, 0.2) is 42.7 Å². The largest absolute Gasteiger partial charge is 0.487 e. The molecule has 0 bridgehead atoms. The van der Waals surface area contributed by atoms with Gasteiger partial charge in [0.15, 0.2) is 11.5 Å². The molecule has 8 heteroatoms. The number of hydrogen-bond acceptors (Lipinski definition) is 7. The maximum absolute atomic E-state index is 9.05. The number of rotatable bonds is 8. The van der Waals surface area contributed by atoms with Gasteiger partial charge in [0.1, 0.15) is 25.4 Å². The molecule has 2 aromatic carbocycles. The first-order chi connectivity index (χ1) is 13.2. The van der Waals surface area contributed by atoms with E-state index in [1.54, 1.807) is 12.1 Å². The molecule has 28 heavy (non-hydrogen) atoms. The Morgan fingerprint density at radius 3 is 2.39 bits per heavy atom. The molecule has 0 spiro atoms. The second-order valence-electron chi connectivity index (χ2n) is 5.53. The van der Waals surface area contributed by atoms with Crippen LogP contribution in [0.4, 0.5) is 11.5 Å². The first kappa shape index (κ1) is 21.3. The van der Waals surface area contributed by atoms with Crippen molar-refractivity contribution in [2.45, 2.75) is 0 Å². The van der Waals surface area contributed by atoms with Gasteiger partial charge in [0.05, 0.1) is 18.7 Å². The molecule has 0 amide bonds. The molecule has 0 aliphatic carbocycles. The molecule has 0 fully saturated rings. The second kappa shape index (κ2) is 10.3. The molecular formula is C20H20ClN3O4. The number of benzene rings is 2. The summed E-state index contributed by atoms with van der Waals surface area (Å²) in [6.45, 7) is -0.0238. The van der Waals surface area contributed by atoms with Crippen molar-refractivity contribution in [3.8, 4) is 23.8 Å². The molecule has 3 N–H and O–H groups in total. The summed E-state index contributed by atoms with van der Waals surface area (Å²) < 4.78 is 11.1. The Morgan fingerprint density at radius 1 is 1.00 bits per heavy atom. The van der Waals surface area contributed by atoms with E-state index >= 15 is 0 Å². The van der Waals surface area contributed by atoms with E-state index in [1.807, 2.05) is 24.3 Å². The van der Waals surface area contributed by atoms with Crippen molar-refractivity contribution < 1.29 is 19.7 Å². The quantitative estimate of drug-likeness (QED) is 0.499. The van der Waals surface area contributed by atoms with Crippen molar-refractivity contribution in [1.29, 1.82) is 0 Å². The van der Waals surface area contributed by atoms with E-state index < -0.39 is 0 Å². The number of halogens is 1. The SMILES string of the molecule is C#Cc1cccc(Nc2ncnc3cc(OCCO)c(OCCO)cc23)c1.Cl. The van der Waals surface area contributed by atoms with Crippen molar-refractivity contribution in [3.63, 3.8) is 0 Å². The van der Waals surface area contributed by atoms with Gasteiger partial charge in [0.25, 0.3) is 0 Å². The van der Waals surface area contributed by atoms with Crippen LogP contribution in [-0.2, 0) is 0 Å². The highest BCUT2D eigenvalue weighted by molar-refractivity contribution is 5.93. The Labute approximate surface area is 168 Å². The normalized spacial score (nSPS) is 10.0. The summed E-state index contributed by atoms with van der Waals surface area (Å²) in [6, 6.07) is 10.9. The van der Waals surface area contributed by atoms with E-state index in [-0.39, 0.29) is 38.8 Å². The van der Waals surface area contributed by atoms with Gasteiger partial charge >= 0.3 is 0 Å². The second-order valence-corrected chi connectivity index (χ2v) is 5.53. The summed E-state index contributed by atoms with van der Waals surface area (Å²) in [4.78, 5) is 8.59. The molecule has 0 saturated carbocycles. The van der Waals surface area contributed by atoms with Crippen molar-refractivity contribution in [1.82, 2.24) is 9.97 Å². The third-order valence-electron chi connectivity index (χ3n) is 3.69. The number of nitrogens with one attached hydrogen (secondary N) is 1. The van der Waals surface area contributed by atoms with Crippen LogP contribution in [0.25, 0.3) is 10.9 Å². The molecule has 7 nitrogen and oxygen atoms in total. The highest BCUT2D eigenvalue weighted by Crippen LogP contribution is 2.35. The van der Waals surface area contributed by atoms with Gasteiger partial charge in [-0.05, 0) is 24.3 Å². The highest BCUT2D eigenvalue weighted by atomic mass is 35.5. The summed E-state index contributed by atoms with van der Waals surface area (Å²) in [5.74, 6) is 4.04. The molecule has 0 atom stereocenters. The maximum atomic E-state index is 9.05. The van der Waals surface area contributed by atoms with Gasteiger partial charge in [0, 0.05) is 22.7 Å². The Hall–Kier alpha value is -3.05. The molecule has 1 aromatic heterocycles. The van der Waals surface area contributed by atoms with E-state index in [2.05, 4.69) is 21.2 Å². The minimum atomic E-state index is -0.132. The lowest BCUT2D eigenvalue weighted by Gasteiger charge is -2.14. The monoisotopic (exact) mass is 401 g/mol. The Balaban J connectivity index is 0.00000280. The fourth-order valence-corrected chi connectivity index (χ4v) is 2.52. The van der Waals surface area contributed by atoms with Gasteiger partial charge in [-0.15, -0.1) is 18.8 Å². The fourth-order valence-electron chi connectivity index (χ4n) is 2.52. The Kier molecular flexibility index (Phi) is 7.84. The van der Waals surface area contributed by atoms with E-state index in [0.717, 1.165) is 11.3 Å². The number of hydrogen-bond donors (Lipinski definition) is 3. The van der Waals surface area contributed by atoms with E-state index in [0.29, 0.717) is 28.2 Å². The smallest absolute Gasteiger partial charge is 0.163 e. The third kappa shape index (κ3) is 5.02. The first-order valence-electron chi connectivity index (χ1n) is 8.35.